The van der Waals surface area contributed by atoms with Gasteiger partial charge in [0.25, 0.3) is 0 Å². The lowest BCUT2D eigenvalue weighted by molar-refractivity contribution is 0.144. The Kier molecular flexibility index (Phi) is 5.29. The summed E-state index contributed by atoms with van der Waals surface area (Å²) in [4.78, 5) is 15.0. The van der Waals surface area contributed by atoms with E-state index in [1.165, 1.54) is 9.08 Å². The highest BCUT2D eigenvalue weighted by Crippen LogP contribution is 2.29. The van der Waals surface area contributed by atoms with Crippen LogP contribution in [0.2, 0.25) is 0 Å². The number of nitrogens with zero attached hydrogens (tertiary/aromatic N) is 5. The predicted octanol–water partition coefficient (Wildman–Crippen LogP) is 1.69. The van der Waals surface area contributed by atoms with Crippen molar-refractivity contribution in [1.29, 1.82) is 0 Å². The fraction of sp³-hybridized carbons (Fsp3) is 0.429. The van der Waals surface area contributed by atoms with E-state index in [-0.39, 0.29) is 5.69 Å². The van der Waals surface area contributed by atoms with Gasteiger partial charge in [0, 0.05) is 32.4 Å². The summed E-state index contributed by atoms with van der Waals surface area (Å²) >= 11 is 0. The van der Waals surface area contributed by atoms with E-state index < -0.39 is 10.0 Å². The number of hydrogen-bond donors (Lipinski definition) is 0. The summed E-state index contributed by atoms with van der Waals surface area (Å²) in [7, 11) is -3.57. The zero-order chi connectivity index (χ0) is 21.6. The molecule has 1 saturated heterocycles. The van der Waals surface area contributed by atoms with Crippen LogP contribution in [-0.4, -0.2) is 58.0 Å². The van der Waals surface area contributed by atoms with Gasteiger partial charge in [-0.25, -0.2) is 13.2 Å². The number of benzene rings is 1. The molecule has 0 amide bonds. The van der Waals surface area contributed by atoms with Crippen LogP contribution < -0.4 is 5.69 Å². The molecule has 8 nitrogen and oxygen atoms in total. The molecule has 3 heterocycles. The van der Waals surface area contributed by atoms with E-state index in [0.29, 0.717) is 43.4 Å². The number of rotatable bonds is 4. The maximum absolute atomic E-state index is 13.4. The third kappa shape index (κ3) is 3.46. The molecular formula is C21H27N5O3S. The van der Waals surface area contributed by atoms with Crippen LogP contribution >= 0.6 is 0 Å². The fourth-order valence-corrected chi connectivity index (χ4v) is 6.06. The summed E-state index contributed by atoms with van der Waals surface area (Å²) in [5.41, 5.74) is 4.02. The van der Waals surface area contributed by atoms with E-state index in [0.717, 1.165) is 22.3 Å². The van der Waals surface area contributed by atoms with Gasteiger partial charge in [0.1, 0.15) is 0 Å². The minimum Gasteiger partial charge on any atom is -0.282 e. The second-order valence-corrected chi connectivity index (χ2v) is 9.84. The summed E-state index contributed by atoms with van der Waals surface area (Å²) in [5, 5.41) is 4.36. The molecule has 0 radical (unpaired) electrons. The number of piperazine rings is 1. The number of fused-ring (bicyclic) bond motifs is 1. The van der Waals surface area contributed by atoms with Crippen molar-refractivity contribution >= 4 is 15.7 Å². The highest BCUT2D eigenvalue weighted by Gasteiger charge is 2.32. The van der Waals surface area contributed by atoms with Crippen LogP contribution in [0.1, 0.15) is 22.3 Å². The summed E-state index contributed by atoms with van der Waals surface area (Å²) < 4.78 is 31.3. The second kappa shape index (κ2) is 7.64. The molecule has 0 bridgehead atoms. The minimum atomic E-state index is -3.57. The van der Waals surface area contributed by atoms with E-state index in [9.17, 15) is 13.2 Å². The van der Waals surface area contributed by atoms with Gasteiger partial charge in [0.05, 0.1) is 11.6 Å². The Bertz CT molecular complexity index is 1240. The number of hydrogen-bond acceptors (Lipinski definition) is 5. The molecule has 1 fully saturated rings. The molecule has 0 aliphatic carbocycles. The van der Waals surface area contributed by atoms with Crippen molar-refractivity contribution in [3.63, 3.8) is 0 Å². The molecule has 0 atom stereocenters. The highest BCUT2D eigenvalue weighted by atomic mass is 32.2. The molecule has 0 spiro atoms. The normalized spacial score (nSPS) is 16.4. The molecule has 1 aliphatic heterocycles. The van der Waals surface area contributed by atoms with Crippen molar-refractivity contribution in [2.24, 2.45) is 0 Å². The van der Waals surface area contributed by atoms with Crippen molar-refractivity contribution in [2.45, 2.75) is 39.3 Å². The van der Waals surface area contributed by atoms with Crippen molar-refractivity contribution in [3.05, 3.63) is 63.2 Å². The Morgan fingerprint density at radius 3 is 2.20 bits per heavy atom. The fourth-order valence-electron chi connectivity index (χ4n) is 4.06. The molecule has 3 aromatic rings. The smallest absolute Gasteiger partial charge is 0.282 e. The molecule has 1 aromatic carbocycles. The van der Waals surface area contributed by atoms with Crippen molar-refractivity contribution < 1.29 is 8.42 Å². The lowest BCUT2D eigenvalue weighted by Crippen LogP contribution is -2.49. The average molecular weight is 430 g/mol. The van der Waals surface area contributed by atoms with Crippen LogP contribution in [-0.2, 0) is 16.7 Å². The van der Waals surface area contributed by atoms with Crippen LogP contribution in [0.3, 0.4) is 0 Å². The van der Waals surface area contributed by atoms with Crippen LogP contribution in [0.25, 0.3) is 5.65 Å². The topological polar surface area (TPSA) is 79.9 Å². The van der Waals surface area contributed by atoms with Crippen LogP contribution in [0.4, 0.5) is 0 Å². The molecule has 30 heavy (non-hydrogen) atoms. The molecule has 2 aromatic heterocycles. The second-order valence-electron chi connectivity index (χ2n) is 7.96. The standard InChI is InChI=1S/C21H27N5O3S/c1-15-13-16(2)18(4)20(17(15)3)30(28,29)24-11-9-23(10-12-24)14-26-21(27)25-8-6-5-7-19(25)22-26/h5-8,13H,9-12,14H2,1-4H3. The molecule has 9 heteroatoms. The lowest BCUT2D eigenvalue weighted by atomic mass is 10.0. The Hall–Kier alpha value is -2.49. The van der Waals surface area contributed by atoms with Crippen LogP contribution in [0, 0.1) is 27.7 Å². The molecule has 0 unspecified atom stereocenters. The van der Waals surface area contributed by atoms with E-state index in [2.05, 4.69) is 10.00 Å². The number of aromatic nitrogens is 3. The van der Waals surface area contributed by atoms with Crippen LogP contribution in [0.5, 0.6) is 0 Å². The molecule has 0 saturated carbocycles. The maximum atomic E-state index is 13.4. The molecule has 0 N–H and O–H groups in total. The van der Waals surface area contributed by atoms with E-state index in [4.69, 9.17) is 0 Å². The van der Waals surface area contributed by atoms with Gasteiger partial charge >= 0.3 is 5.69 Å². The number of sulfonamides is 1. The Balaban J connectivity index is 1.52. The van der Waals surface area contributed by atoms with E-state index in [1.807, 2.05) is 39.8 Å². The Morgan fingerprint density at radius 1 is 0.967 bits per heavy atom. The van der Waals surface area contributed by atoms with Gasteiger partial charge < -0.3 is 0 Å². The average Bonchev–Trinajstić information content (AvgIpc) is 3.03. The van der Waals surface area contributed by atoms with Crippen molar-refractivity contribution in [2.75, 3.05) is 26.2 Å². The Labute approximate surface area is 176 Å². The summed E-state index contributed by atoms with van der Waals surface area (Å²) in [6.07, 6.45) is 1.69. The Morgan fingerprint density at radius 2 is 1.60 bits per heavy atom. The summed E-state index contributed by atoms with van der Waals surface area (Å²) in [6.45, 7) is 9.85. The van der Waals surface area contributed by atoms with Gasteiger partial charge in [0.2, 0.25) is 10.0 Å². The first-order valence-corrected chi connectivity index (χ1v) is 11.5. The van der Waals surface area contributed by atoms with Gasteiger partial charge in [-0.05, 0) is 62.1 Å². The highest BCUT2D eigenvalue weighted by molar-refractivity contribution is 7.89. The zero-order valence-corrected chi connectivity index (χ0v) is 18.6. The first-order valence-electron chi connectivity index (χ1n) is 10.0. The predicted molar refractivity (Wildman–Crippen MR) is 115 cm³/mol. The molecule has 4 rings (SSSR count). The van der Waals surface area contributed by atoms with Gasteiger partial charge in [0.15, 0.2) is 5.65 Å². The minimum absolute atomic E-state index is 0.192. The van der Waals surface area contributed by atoms with Gasteiger partial charge in [-0.2, -0.15) is 8.99 Å². The SMILES string of the molecule is Cc1cc(C)c(C)c(S(=O)(=O)N2CCN(Cn3nc4ccccn4c3=O)CC2)c1C. The summed E-state index contributed by atoms with van der Waals surface area (Å²) in [5.74, 6) is 0. The van der Waals surface area contributed by atoms with Crippen LogP contribution in [0.15, 0.2) is 40.2 Å². The zero-order valence-electron chi connectivity index (χ0n) is 17.8. The lowest BCUT2D eigenvalue weighted by Gasteiger charge is -2.34. The van der Waals surface area contributed by atoms with Crippen molar-refractivity contribution in [1.82, 2.24) is 23.4 Å². The third-order valence-electron chi connectivity index (χ3n) is 6.05. The molecular weight excluding hydrogens is 402 g/mol. The quantitative estimate of drug-likeness (QED) is 0.631. The first-order chi connectivity index (χ1) is 14.2. The van der Waals surface area contributed by atoms with Gasteiger partial charge in [-0.1, -0.05) is 12.1 Å². The largest absolute Gasteiger partial charge is 0.351 e. The number of pyridine rings is 1. The van der Waals surface area contributed by atoms with E-state index in [1.54, 1.807) is 22.6 Å². The van der Waals surface area contributed by atoms with Gasteiger partial charge in [-0.3, -0.25) is 9.30 Å². The van der Waals surface area contributed by atoms with Gasteiger partial charge in [-0.15, -0.1) is 5.10 Å². The first kappa shape index (κ1) is 20.8. The molecule has 1 aliphatic rings. The number of aryl methyl sites for hydroxylation is 2. The van der Waals surface area contributed by atoms with E-state index >= 15 is 0 Å². The third-order valence-corrected chi connectivity index (χ3v) is 8.22. The maximum Gasteiger partial charge on any atom is 0.351 e. The monoisotopic (exact) mass is 429 g/mol. The summed E-state index contributed by atoms with van der Waals surface area (Å²) in [6, 6.07) is 7.46. The van der Waals surface area contributed by atoms with Crippen molar-refractivity contribution in [3.8, 4) is 0 Å². The molecule has 160 valence electrons.